The van der Waals surface area contributed by atoms with E-state index >= 15 is 0 Å². The Morgan fingerprint density at radius 2 is 1.89 bits per heavy atom. The van der Waals surface area contributed by atoms with E-state index < -0.39 is 0 Å². The highest BCUT2D eigenvalue weighted by atomic mass is 15.2. The Kier molecular flexibility index (Phi) is 3.00. The summed E-state index contributed by atoms with van der Waals surface area (Å²) in [6.07, 6.45) is 5.12. The number of hydrogen-bond acceptors (Lipinski definition) is 3. The van der Waals surface area contributed by atoms with Crippen molar-refractivity contribution >= 4 is 5.69 Å². The molecule has 0 saturated heterocycles. The van der Waals surface area contributed by atoms with Gasteiger partial charge in [0.25, 0.3) is 0 Å². The van der Waals surface area contributed by atoms with Crippen molar-refractivity contribution in [3.05, 3.63) is 30.1 Å². The van der Waals surface area contributed by atoms with Crippen LogP contribution in [0.1, 0.15) is 37.4 Å². The van der Waals surface area contributed by atoms with Gasteiger partial charge < -0.3 is 5.32 Å². The lowest BCUT2D eigenvalue weighted by Gasteiger charge is -2.02. The fourth-order valence-electron chi connectivity index (χ4n) is 2.57. The Morgan fingerprint density at radius 1 is 1.17 bits per heavy atom. The summed E-state index contributed by atoms with van der Waals surface area (Å²) in [7, 11) is 1.92. The van der Waals surface area contributed by atoms with Gasteiger partial charge in [-0.2, -0.15) is 5.10 Å². The molecule has 1 aromatic heterocycles. The van der Waals surface area contributed by atoms with Crippen molar-refractivity contribution < 1.29 is 0 Å². The summed E-state index contributed by atoms with van der Waals surface area (Å²) < 4.78 is 0. The summed E-state index contributed by atoms with van der Waals surface area (Å²) in [4.78, 5) is 4.63. The summed E-state index contributed by atoms with van der Waals surface area (Å²) >= 11 is 0. The number of aromatic amines is 1. The number of hydrogen-bond donors (Lipinski definition) is 2. The molecule has 2 N–H and O–H groups in total. The van der Waals surface area contributed by atoms with Crippen LogP contribution in [0.25, 0.3) is 11.4 Å². The molecule has 18 heavy (non-hydrogen) atoms. The number of H-pyrrole nitrogens is 1. The molecule has 1 heterocycles. The zero-order valence-electron chi connectivity index (χ0n) is 10.6. The van der Waals surface area contributed by atoms with Crippen LogP contribution in [-0.4, -0.2) is 22.2 Å². The molecule has 4 heteroatoms. The largest absolute Gasteiger partial charge is 0.388 e. The van der Waals surface area contributed by atoms with Gasteiger partial charge in [0, 0.05) is 24.2 Å². The normalized spacial score (nSPS) is 16.1. The van der Waals surface area contributed by atoms with E-state index in [4.69, 9.17) is 0 Å². The van der Waals surface area contributed by atoms with Gasteiger partial charge in [-0.15, -0.1) is 0 Å². The van der Waals surface area contributed by atoms with Crippen LogP contribution >= 0.6 is 0 Å². The van der Waals surface area contributed by atoms with Crippen molar-refractivity contribution in [3.8, 4) is 11.4 Å². The van der Waals surface area contributed by atoms with Gasteiger partial charge in [0.1, 0.15) is 5.82 Å². The number of rotatable bonds is 3. The van der Waals surface area contributed by atoms with Crippen molar-refractivity contribution in [1.29, 1.82) is 0 Å². The van der Waals surface area contributed by atoms with Gasteiger partial charge in [0.05, 0.1) is 0 Å². The maximum Gasteiger partial charge on any atom is 0.181 e. The molecular formula is C14H18N4. The predicted molar refractivity (Wildman–Crippen MR) is 72.6 cm³/mol. The van der Waals surface area contributed by atoms with Gasteiger partial charge in [-0.05, 0) is 37.1 Å². The molecule has 3 rings (SSSR count). The topological polar surface area (TPSA) is 53.6 Å². The number of nitrogens with one attached hydrogen (secondary N) is 2. The minimum Gasteiger partial charge on any atom is -0.388 e. The standard InChI is InChI=1S/C14H18N4/c1-15-12-8-6-11(7-9-12)14-16-13(17-18-14)10-4-2-3-5-10/h6-10,15H,2-5H2,1H3,(H,16,17,18). The predicted octanol–water partition coefficient (Wildman–Crippen LogP) is 3.17. The Balaban J connectivity index is 1.82. The lowest BCUT2D eigenvalue weighted by atomic mass is 10.1. The SMILES string of the molecule is CNc1ccc(-c2n[nH]c(C3CCCC3)n2)cc1. The van der Waals surface area contributed by atoms with Crippen molar-refractivity contribution in [2.45, 2.75) is 31.6 Å². The van der Waals surface area contributed by atoms with Crippen LogP contribution in [0, 0.1) is 0 Å². The van der Waals surface area contributed by atoms with E-state index in [1.165, 1.54) is 25.7 Å². The molecular weight excluding hydrogens is 224 g/mol. The van der Waals surface area contributed by atoms with E-state index in [9.17, 15) is 0 Å². The Bertz CT molecular complexity index is 509. The number of benzene rings is 1. The Morgan fingerprint density at radius 3 is 2.56 bits per heavy atom. The van der Waals surface area contributed by atoms with Crippen molar-refractivity contribution in [3.63, 3.8) is 0 Å². The first-order valence-electron chi connectivity index (χ1n) is 6.57. The van der Waals surface area contributed by atoms with Gasteiger partial charge >= 0.3 is 0 Å². The second-order valence-corrected chi connectivity index (χ2v) is 4.85. The minimum absolute atomic E-state index is 0.586. The fraction of sp³-hybridized carbons (Fsp3) is 0.429. The molecule has 2 aromatic rings. The van der Waals surface area contributed by atoms with E-state index in [1.807, 2.05) is 31.3 Å². The van der Waals surface area contributed by atoms with Crippen molar-refractivity contribution in [2.24, 2.45) is 0 Å². The fourth-order valence-corrected chi connectivity index (χ4v) is 2.57. The highest BCUT2D eigenvalue weighted by molar-refractivity contribution is 5.59. The van der Waals surface area contributed by atoms with Gasteiger partial charge in [0.15, 0.2) is 5.82 Å². The van der Waals surface area contributed by atoms with E-state index in [0.717, 1.165) is 22.9 Å². The average molecular weight is 242 g/mol. The molecule has 4 nitrogen and oxygen atoms in total. The third kappa shape index (κ3) is 2.10. The molecule has 1 aromatic carbocycles. The maximum atomic E-state index is 4.63. The van der Waals surface area contributed by atoms with Gasteiger partial charge in [-0.3, -0.25) is 5.10 Å². The smallest absolute Gasteiger partial charge is 0.181 e. The second kappa shape index (κ2) is 4.80. The molecule has 94 valence electrons. The van der Waals surface area contributed by atoms with Crippen LogP contribution in [0.3, 0.4) is 0 Å². The first-order chi connectivity index (χ1) is 8.86. The Hall–Kier alpha value is -1.84. The molecule has 1 aliphatic carbocycles. The zero-order chi connectivity index (χ0) is 12.4. The minimum atomic E-state index is 0.586. The number of anilines is 1. The first-order valence-corrected chi connectivity index (χ1v) is 6.57. The molecule has 0 amide bonds. The Labute approximate surface area is 107 Å². The van der Waals surface area contributed by atoms with Crippen LogP contribution in [0.4, 0.5) is 5.69 Å². The van der Waals surface area contributed by atoms with Crippen LogP contribution in [0.5, 0.6) is 0 Å². The van der Waals surface area contributed by atoms with Gasteiger partial charge in [0.2, 0.25) is 0 Å². The molecule has 1 saturated carbocycles. The summed E-state index contributed by atoms with van der Waals surface area (Å²) in [6, 6.07) is 8.18. The number of aromatic nitrogens is 3. The van der Waals surface area contributed by atoms with Gasteiger partial charge in [-0.25, -0.2) is 4.98 Å². The van der Waals surface area contributed by atoms with E-state index in [2.05, 4.69) is 20.5 Å². The quantitative estimate of drug-likeness (QED) is 0.869. The van der Waals surface area contributed by atoms with E-state index in [1.54, 1.807) is 0 Å². The molecule has 0 bridgehead atoms. The van der Waals surface area contributed by atoms with Crippen molar-refractivity contribution in [2.75, 3.05) is 12.4 Å². The highest BCUT2D eigenvalue weighted by Crippen LogP contribution is 2.32. The maximum absolute atomic E-state index is 4.63. The van der Waals surface area contributed by atoms with Crippen LogP contribution < -0.4 is 5.32 Å². The zero-order valence-corrected chi connectivity index (χ0v) is 10.6. The molecule has 1 fully saturated rings. The van der Waals surface area contributed by atoms with Crippen LogP contribution in [0.2, 0.25) is 0 Å². The molecule has 0 atom stereocenters. The van der Waals surface area contributed by atoms with Gasteiger partial charge in [-0.1, -0.05) is 12.8 Å². The summed E-state index contributed by atoms with van der Waals surface area (Å²) in [5.41, 5.74) is 2.17. The monoisotopic (exact) mass is 242 g/mol. The molecule has 0 unspecified atom stereocenters. The first kappa shape index (κ1) is 11.3. The molecule has 0 aliphatic heterocycles. The highest BCUT2D eigenvalue weighted by Gasteiger charge is 2.20. The molecule has 0 spiro atoms. The third-order valence-corrected chi connectivity index (χ3v) is 3.68. The lowest BCUT2D eigenvalue weighted by Crippen LogP contribution is -1.94. The van der Waals surface area contributed by atoms with E-state index in [0.29, 0.717) is 5.92 Å². The van der Waals surface area contributed by atoms with Crippen LogP contribution in [0.15, 0.2) is 24.3 Å². The second-order valence-electron chi connectivity index (χ2n) is 4.85. The van der Waals surface area contributed by atoms with E-state index in [-0.39, 0.29) is 0 Å². The third-order valence-electron chi connectivity index (χ3n) is 3.68. The summed E-state index contributed by atoms with van der Waals surface area (Å²) in [6.45, 7) is 0. The summed E-state index contributed by atoms with van der Waals surface area (Å²) in [5, 5.41) is 10.5. The number of nitrogens with zero attached hydrogens (tertiary/aromatic N) is 2. The lowest BCUT2D eigenvalue weighted by molar-refractivity contribution is 0.672. The molecule has 0 radical (unpaired) electrons. The average Bonchev–Trinajstić information content (AvgIpc) is 3.09. The summed E-state index contributed by atoms with van der Waals surface area (Å²) in [5.74, 6) is 2.45. The van der Waals surface area contributed by atoms with Crippen LogP contribution in [-0.2, 0) is 0 Å². The van der Waals surface area contributed by atoms with Crippen molar-refractivity contribution in [1.82, 2.24) is 15.2 Å². The molecule has 1 aliphatic rings.